The first-order chi connectivity index (χ1) is 24.6. The first-order valence-corrected chi connectivity index (χ1v) is 17.5. The van der Waals surface area contributed by atoms with E-state index in [1.165, 1.54) is 5.56 Å². The molecule has 0 spiro atoms. The Bertz CT molecular complexity index is 1830. The second-order valence-electron chi connectivity index (χ2n) is 13.2. The van der Waals surface area contributed by atoms with Crippen molar-refractivity contribution in [1.82, 2.24) is 20.1 Å². The molecule has 1 aromatic heterocycles. The standard InChI is InChI=1S/C42H44N4O4/c47-30-32-14-16-34(17-15-32)40-25-39(29-46-21-19-45(20-22-46)28-31-7-2-1-3-8-31)49-42(50-40)37-12-5-11-36(24-37)35-10-4-9-33(23-35)26-44-41(48)38-13-6-18-43-27-38/h1-18,23-24,27,39-40,42,47H,19-22,25-26,28-30H2,(H,44,48)/t39-,40+,42+/m0/s1. The molecule has 2 N–H and O–H groups in total. The van der Waals surface area contributed by atoms with Gasteiger partial charge in [0.25, 0.3) is 5.91 Å². The number of pyridine rings is 1. The molecule has 0 saturated carbocycles. The van der Waals surface area contributed by atoms with Crippen LogP contribution < -0.4 is 5.32 Å². The summed E-state index contributed by atoms with van der Waals surface area (Å²) in [5.41, 5.74) is 7.94. The summed E-state index contributed by atoms with van der Waals surface area (Å²) >= 11 is 0. The summed E-state index contributed by atoms with van der Waals surface area (Å²) in [5, 5.41) is 12.6. The summed E-state index contributed by atoms with van der Waals surface area (Å²) < 4.78 is 13.4. The highest BCUT2D eigenvalue weighted by atomic mass is 16.7. The normalized spacial score (nSPS) is 20.0. The first kappa shape index (κ1) is 33.8. The number of ether oxygens (including phenoxy) is 2. The van der Waals surface area contributed by atoms with Crippen molar-refractivity contribution < 1.29 is 19.4 Å². The van der Waals surface area contributed by atoms with E-state index in [0.29, 0.717) is 12.1 Å². The molecule has 7 rings (SSSR count). The van der Waals surface area contributed by atoms with Gasteiger partial charge in [-0.3, -0.25) is 19.6 Å². The van der Waals surface area contributed by atoms with Crippen LogP contribution in [0.3, 0.4) is 0 Å². The van der Waals surface area contributed by atoms with Crippen LogP contribution in [0.4, 0.5) is 0 Å². The Morgan fingerprint density at radius 2 is 1.48 bits per heavy atom. The van der Waals surface area contributed by atoms with E-state index in [1.807, 2.05) is 24.3 Å². The van der Waals surface area contributed by atoms with Gasteiger partial charge in [0.2, 0.25) is 0 Å². The molecule has 3 heterocycles. The van der Waals surface area contributed by atoms with E-state index in [0.717, 1.165) is 79.1 Å². The van der Waals surface area contributed by atoms with Gasteiger partial charge in [0.1, 0.15) is 0 Å². The van der Waals surface area contributed by atoms with Gasteiger partial charge in [0, 0.05) is 70.2 Å². The van der Waals surface area contributed by atoms with Crippen LogP contribution in [-0.2, 0) is 29.2 Å². The largest absolute Gasteiger partial charge is 0.392 e. The van der Waals surface area contributed by atoms with Gasteiger partial charge in [0.15, 0.2) is 6.29 Å². The predicted molar refractivity (Wildman–Crippen MR) is 194 cm³/mol. The fourth-order valence-electron chi connectivity index (χ4n) is 6.80. The molecule has 2 saturated heterocycles. The molecule has 256 valence electrons. The number of benzene rings is 4. The first-order valence-electron chi connectivity index (χ1n) is 17.5. The second-order valence-corrected chi connectivity index (χ2v) is 13.2. The molecule has 50 heavy (non-hydrogen) atoms. The van der Waals surface area contributed by atoms with Gasteiger partial charge in [-0.05, 0) is 57.6 Å². The maximum absolute atomic E-state index is 12.6. The van der Waals surface area contributed by atoms with Gasteiger partial charge in [0.05, 0.1) is 24.4 Å². The summed E-state index contributed by atoms with van der Waals surface area (Å²) in [6.07, 6.45) is 3.30. The fourth-order valence-corrected chi connectivity index (χ4v) is 6.80. The minimum atomic E-state index is -0.530. The quantitative estimate of drug-likeness (QED) is 0.166. The van der Waals surface area contributed by atoms with E-state index in [4.69, 9.17) is 9.47 Å². The number of aliphatic hydroxyl groups is 1. The molecule has 0 radical (unpaired) electrons. The zero-order chi connectivity index (χ0) is 34.1. The monoisotopic (exact) mass is 668 g/mol. The van der Waals surface area contributed by atoms with Crippen LogP contribution in [0, 0.1) is 0 Å². The lowest BCUT2D eigenvalue weighted by Gasteiger charge is -2.41. The van der Waals surface area contributed by atoms with Gasteiger partial charge in [-0.1, -0.05) is 91.0 Å². The summed E-state index contributed by atoms with van der Waals surface area (Å²) in [6.45, 7) is 6.32. The topological polar surface area (TPSA) is 87.2 Å². The molecular weight excluding hydrogens is 624 g/mol. The van der Waals surface area contributed by atoms with Crippen molar-refractivity contribution in [2.75, 3.05) is 32.7 Å². The van der Waals surface area contributed by atoms with Gasteiger partial charge in [-0.25, -0.2) is 0 Å². The Balaban J connectivity index is 1.04. The molecule has 0 aliphatic carbocycles. The Labute approximate surface area is 294 Å². The molecule has 3 atom stereocenters. The number of rotatable bonds is 11. The van der Waals surface area contributed by atoms with Gasteiger partial charge < -0.3 is 19.9 Å². The molecule has 2 aliphatic heterocycles. The van der Waals surface area contributed by atoms with Crippen LogP contribution in [0.25, 0.3) is 11.1 Å². The number of carbonyl (C=O) groups excluding carboxylic acids is 1. The van der Waals surface area contributed by atoms with Crippen molar-refractivity contribution in [3.8, 4) is 11.1 Å². The van der Waals surface area contributed by atoms with E-state index in [2.05, 4.69) is 99.0 Å². The lowest BCUT2D eigenvalue weighted by molar-refractivity contribution is -0.253. The number of aliphatic hydroxyl groups excluding tert-OH is 1. The highest BCUT2D eigenvalue weighted by Crippen LogP contribution is 2.39. The van der Waals surface area contributed by atoms with Crippen molar-refractivity contribution in [3.05, 3.63) is 161 Å². The summed E-state index contributed by atoms with van der Waals surface area (Å²) in [7, 11) is 0. The third-order valence-electron chi connectivity index (χ3n) is 9.59. The van der Waals surface area contributed by atoms with Gasteiger partial charge >= 0.3 is 0 Å². The highest BCUT2D eigenvalue weighted by Gasteiger charge is 2.34. The Morgan fingerprint density at radius 3 is 2.24 bits per heavy atom. The van der Waals surface area contributed by atoms with Crippen molar-refractivity contribution >= 4 is 5.91 Å². The van der Waals surface area contributed by atoms with Crippen molar-refractivity contribution in [2.45, 2.75) is 44.6 Å². The minimum Gasteiger partial charge on any atom is -0.392 e. The lowest BCUT2D eigenvalue weighted by Crippen LogP contribution is -2.49. The number of nitrogens with zero attached hydrogens (tertiary/aromatic N) is 3. The molecule has 5 aromatic rings. The number of hydrogen-bond acceptors (Lipinski definition) is 7. The van der Waals surface area contributed by atoms with E-state index < -0.39 is 6.29 Å². The van der Waals surface area contributed by atoms with Gasteiger partial charge in [-0.2, -0.15) is 0 Å². The van der Waals surface area contributed by atoms with Crippen LogP contribution in [-0.4, -0.2) is 64.6 Å². The maximum atomic E-state index is 12.6. The summed E-state index contributed by atoms with van der Waals surface area (Å²) in [4.78, 5) is 21.7. The van der Waals surface area contributed by atoms with Gasteiger partial charge in [-0.15, -0.1) is 0 Å². The number of carbonyl (C=O) groups is 1. The van der Waals surface area contributed by atoms with E-state index in [1.54, 1.807) is 24.5 Å². The smallest absolute Gasteiger partial charge is 0.253 e. The average molecular weight is 669 g/mol. The fraction of sp³-hybridized carbons (Fsp3) is 0.286. The lowest BCUT2D eigenvalue weighted by atomic mass is 9.98. The number of nitrogens with one attached hydrogen (secondary N) is 1. The Hall–Kier alpha value is -4.70. The molecule has 2 fully saturated rings. The maximum Gasteiger partial charge on any atom is 0.253 e. The molecule has 0 bridgehead atoms. The number of hydrogen-bond donors (Lipinski definition) is 2. The molecule has 8 heteroatoms. The minimum absolute atomic E-state index is 0.00708. The predicted octanol–water partition coefficient (Wildman–Crippen LogP) is 6.53. The van der Waals surface area contributed by atoms with Crippen molar-refractivity contribution in [3.63, 3.8) is 0 Å². The molecule has 2 aliphatic rings. The molecular formula is C42H44N4O4. The third kappa shape index (κ3) is 8.71. The highest BCUT2D eigenvalue weighted by molar-refractivity contribution is 5.93. The molecule has 8 nitrogen and oxygen atoms in total. The Morgan fingerprint density at radius 1 is 0.740 bits per heavy atom. The summed E-state index contributed by atoms with van der Waals surface area (Å²) in [5.74, 6) is -0.152. The molecule has 0 unspecified atom stereocenters. The van der Waals surface area contributed by atoms with Crippen LogP contribution >= 0.6 is 0 Å². The number of aromatic nitrogens is 1. The Kier molecular flexibility index (Phi) is 11.0. The second kappa shape index (κ2) is 16.3. The zero-order valence-electron chi connectivity index (χ0n) is 28.2. The van der Waals surface area contributed by atoms with E-state index in [9.17, 15) is 9.90 Å². The number of piperazine rings is 1. The van der Waals surface area contributed by atoms with E-state index in [-0.39, 0.29) is 24.7 Å². The molecule has 1 amide bonds. The SMILES string of the molecule is O=C(NCc1cccc(-c2cccc([C@@H]3O[C@H](CN4CCN(Cc5ccccc5)CC4)C[C@H](c4ccc(CO)cc4)O3)c2)c1)c1cccnc1. The summed E-state index contributed by atoms with van der Waals surface area (Å²) in [6, 6.07) is 38.9. The number of amides is 1. The average Bonchev–Trinajstić information content (AvgIpc) is 3.18. The van der Waals surface area contributed by atoms with Crippen molar-refractivity contribution in [2.24, 2.45) is 0 Å². The van der Waals surface area contributed by atoms with Crippen molar-refractivity contribution in [1.29, 1.82) is 0 Å². The van der Waals surface area contributed by atoms with Crippen LogP contribution in [0.5, 0.6) is 0 Å². The van der Waals surface area contributed by atoms with Crippen LogP contribution in [0.1, 0.15) is 57.0 Å². The van der Waals surface area contributed by atoms with E-state index >= 15 is 0 Å². The zero-order valence-corrected chi connectivity index (χ0v) is 28.2. The molecule has 4 aromatic carbocycles. The van der Waals surface area contributed by atoms with Crippen LogP contribution in [0.2, 0.25) is 0 Å². The third-order valence-corrected chi connectivity index (χ3v) is 9.59. The van der Waals surface area contributed by atoms with Crippen LogP contribution in [0.15, 0.2) is 128 Å².